The molecule has 0 unspecified atom stereocenters. The molecule has 0 saturated carbocycles. The number of hydrogen-bond acceptors (Lipinski definition) is 2. The summed E-state index contributed by atoms with van der Waals surface area (Å²) < 4.78 is 5.18. The standard InChI is InChI=1S/C10H8NO/c1-8-10(12-7-11-8)9-5-3-2-4-6-9/h2-7H,1H2. The van der Waals surface area contributed by atoms with Crippen LogP contribution in [0, 0.1) is 6.92 Å². The number of nitrogens with zero attached hydrogens (tertiary/aromatic N) is 1. The summed E-state index contributed by atoms with van der Waals surface area (Å²) in [6, 6.07) is 9.81. The van der Waals surface area contributed by atoms with Crippen molar-refractivity contribution in [1.82, 2.24) is 4.98 Å². The van der Waals surface area contributed by atoms with Crippen molar-refractivity contribution < 1.29 is 4.42 Å². The molecular weight excluding hydrogens is 150 g/mol. The van der Waals surface area contributed by atoms with Crippen molar-refractivity contribution in [2.24, 2.45) is 0 Å². The van der Waals surface area contributed by atoms with Gasteiger partial charge in [-0.2, -0.15) is 0 Å². The predicted octanol–water partition coefficient (Wildman–Crippen LogP) is 2.52. The van der Waals surface area contributed by atoms with Crippen LogP contribution >= 0.6 is 0 Å². The summed E-state index contributed by atoms with van der Waals surface area (Å²) in [4.78, 5) is 3.92. The summed E-state index contributed by atoms with van der Waals surface area (Å²) in [6.07, 6.45) is 1.41. The third kappa shape index (κ3) is 1.11. The van der Waals surface area contributed by atoms with Crippen LogP contribution in [0.15, 0.2) is 41.1 Å². The molecule has 0 fully saturated rings. The minimum Gasteiger partial charge on any atom is -0.443 e. The lowest BCUT2D eigenvalue weighted by Crippen LogP contribution is -1.76. The molecule has 0 bridgehead atoms. The van der Waals surface area contributed by atoms with Crippen LogP contribution in [0.25, 0.3) is 11.3 Å². The van der Waals surface area contributed by atoms with Crippen LogP contribution in [0.4, 0.5) is 0 Å². The van der Waals surface area contributed by atoms with Crippen molar-refractivity contribution in [3.8, 4) is 11.3 Å². The van der Waals surface area contributed by atoms with Crippen LogP contribution in [-0.4, -0.2) is 4.98 Å². The van der Waals surface area contributed by atoms with Crippen LogP contribution < -0.4 is 0 Å². The van der Waals surface area contributed by atoms with Crippen LogP contribution in [0.1, 0.15) is 5.69 Å². The number of oxazole rings is 1. The van der Waals surface area contributed by atoms with Gasteiger partial charge in [-0.15, -0.1) is 0 Å². The maximum Gasteiger partial charge on any atom is 0.181 e. The Morgan fingerprint density at radius 3 is 2.50 bits per heavy atom. The zero-order chi connectivity index (χ0) is 8.39. The Labute approximate surface area is 70.9 Å². The molecule has 2 nitrogen and oxygen atoms in total. The lowest BCUT2D eigenvalue weighted by atomic mass is 10.1. The Morgan fingerprint density at radius 2 is 1.92 bits per heavy atom. The van der Waals surface area contributed by atoms with E-state index in [0.717, 1.165) is 11.3 Å². The molecule has 2 heteroatoms. The number of rotatable bonds is 1. The van der Waals surface area contributed by atoms with Crippen molar-refractivity contribution >= 4 is 0 Å². The fraction of sp³-hybridized carbons (Fsp3) is 0. The molecule has 0 aliphatic heterocycles. The minimum atomic E-state index is 0.682. The molecule has 1 radical (unpaired) electrons. The second kappa shape index (κ2) is 2.81. The summed E-state index contributed by atoms with van der Waals surface area (Å²) in [6.45, 7) is 3.75. The summed E-state index contributed by atoms with van der Waals surface area (Å²) in [5, 5.41) is 0. The topological polar surface area (TPSA) is 26.0 Å². The first-order valence-corrected chi connectivity index (χ1v) is 3.69. The first kappa shape index (κ1) is 7.10. The molecule has 1 aromatic carbocycles. The third-order valence-electron chi connectivity index (χ3n) is 1.68. The van der Waals surface area contributed by atoms with E-state index in [2.05, 4.69) is 11.9 Å². The highest BCUT2D eigenvalue weighted by Crippen LogP contribution is 2.21. The van der Waals surface area contributed by atoms with Crippen molar-refractivity contribution in [2.75, 3.05) is 0 Å². The average Bonchev–Trinajstić information content (AvgIpc) is 2.53. The van der Waals surface area contributed by atoms with Gasteiger partial charge in [-0.1, -0.05) is 30.3 Å². The van der Waals surface area contributed by atoms with E-state index in [4.69, 9.17) is 4.42 Å². The highest BCUT2D eigenvalue weighted by Gasteiger charge is 2.04. The average molecular weight is 158 g/mol. The summed E-state index contributed by atoms with van der Waals surface area (Å²) in [7, 11) is 0. The third-order valence-corrected chi connectivity index (χ3v) is 1.68. The van der Waals surface area contributed by atoms with Crippen molar-refractivity contribution in [1.29, 1.82) is 0 Å². The van der Waals surface area contributed by atoms with Crippen molar-refractivity contribution in [2.45, 2.75) is 0 Å². The van der Waals surface area contributed by atoms with Gasteiger partial charge in [0.2, 0.25) is 0 Å². The smallest absolute Gasteiger partial charge is 0.181 e. The van der Waals surface area contributed by atoms with Gasteiger partial charge < -0.3 is 4.42 Å². The van der Waals surface area contributed by atoms with E-state index in [1.165, 1.54) is 6.39 Å². The van der Waals surface area contributed by atoms with Gasteiger partial charge in [0.05, 0.1) is 5.69 Å². The molecule has 2 rings (SSSR count). The van der Waals surface area contributed by atoms with Crippen LogP contribution in [0.5, 0.6) is 0 Å². The molecule has 0 spiro atoms. The first-order valence-electron chi connectivity index (χ1n) is 3.69. The predicted molar refractivity (Wildman–Crippen MR) is 46.4 cm³/mol. The lowest BCUT2D eigenvalue weighted by Gasteiger charge is -1.94. The maximum absolute atomic E-state index is 5.18. The lowest BCUT2D eigenvalue weighted by molar-refractivity contribution is 0.571. The molecule has 1 aromatic heterocycles. The van der Waals surface area contributed by atoms with E-state index in [9.17, 15) is 0 Å². The molecule has 0 saturated heterocycles. The van der Waals surface area contributed by atoms with Gasteiger partial charge in [-0.05, 0) is 6.92 Å². The quantitative estimate of drug-likeness (QED) is 0.637. The van der Waals surface area contributed by atoms with E-state index in [1.54, 1.807) is 0 Å². The number of hydrogen-bond donors (Lipinski definition) is 0. The molecule has 0 atom stereocenters. The molecule has 12 heavy (non-hydrogen) atoms. The first-order chi connectivity index (χ1) is 5.88. The Kier molecular flexibility index (Phi) is 1.67. The minimum absolute atomic E-state index is 0.682. The molecule has 0 aliphatic carbocycles. The second-order valence-corrected chi connectivity index (χ2v) is 2.49. The Bertz CT molecular complexity index is 364. The van der Waals surface area contributed by atoms with Crippen LogP contribution in [-0.2, 0) is 0 Å². The molecule has 59 valence electrons. The molecule has 0 aliphatic rings. The maximum atomic E-state index is 5.18. The molecule has 0 N–H and O–H groups in total. The highest BCUT2D eigenvalue weighted by molar-refractivity contribution is 5.59. The molecular formula is C10H8NO. The number of benzene rings is 1. The van der Waals surface area contributed by atoms with E-state index >= 15 is 0 Å². The highest BCUT2D eigenvalue weighted by atomic mass is 16.3. The molecule has 1 heterocycles. The molecule has 0 amide bonds. The van der Waals surface area contributed by atoms with Crippen molar-refractivity contribution in [3.63, 3.8) is 0 Å². The second-order valence-electron chi connectivity index (χ2n) is 2.49. The van der Waals surface area contributed by atoms with Crippen LogP contribution in [0.3, 0.4) is 0 Å². The van der Waals surface area contributed by atoms with Crippen molar-refractivity contribution in [3.05, 3.63) is 49.3 Å². The van der Waals surface area contributed by atoms with Gasteiger partial charge in [-0.25, -0.2) is 4.98 Å². The summed E-state index contributed by atoms with van der Waals surface area (Å²) >= 11 is 0. The van der Waals surface area contributed by atoms with E-state index in [-0.39, 0.29) is 0 Å². The Hall–Kier alpha value is -1.57. The zero-order valence-corrected chi connectivity index (χ0v) is 6.53. The summed E-state index contributed by atoms with van der Waals surface area (Å²) in [5.41, 5.74) is 1.70. The van der Waals surface area contributed by atoms with Gasteiger partial charge in [-0.3, -0.25) is 0 Å². The molecule has 2 aromatic rings. The van der Waals surface area contributed by atoms with Gasteiger partial charge in [0.25, 0.3) is 0 Å². The van der Waals surface area contributed by atoms with E-state index in [1.807, 2.05) is 30.3 Å². The van der Waals surface area contributed by atoms with Crippen LogP contribution in [0.2, 0.25) is 0 Å². The number of aromatic nitrogens is 1. The van der Waals surface area contributed by atoms with Gasteiger partial charge >= 0.3 is 0 Å². The Morgan fingerprint density at radius 1 is 1.17 bits per heavy atom. The van der Waals surface area contributed by atoms with Gasteiger partial charge in [0, 0.05) is 5.56 Å². The van der Waals surface area contributed by atoms with Gasteiger partial charge in [0.15, 0.2) is 12.2 Å². The zero-order valence-electron chi connectivity index (χ0n) is 6.53. The monoisotopic (exact) mass is 158 g/mol. The van der Waals surface area contributed by atoms with E-state index < -0.39 is 0 Å². The SMILES string of the molecule is [CH2]c1ncoc1-c1ccccc1. The fourth-order valence-corrected chi connectivity index (χ4v) is 1.09. The summed E-state index contributed by atoms with van der Waals surface area (Å²) in [5.74, 6) is 0.746. The Balaban J connectivity index is 2.51. The van der Waals surface area contributed by atoms with E-state index in [0.29, 0.717) is 5.69 Å². The normalized spacial score (nSPS) is 10.1. The largest absolute Gasteiger partial charge is 0.443 e. The fourth-order valence-electron chi connectivity index (χ4n) is 1.09. The van der Waals surface area contributed by atoms with Gasteiger partial charge in [0.1, 0.15) is 0 Å².